The van der Waals surface area contributed by atoms with Crippen LogP contribution < -0.4 is 15.0 Å². The molecule has 0 aliphatic carbocycles. The summed E-state index contributed by atoms with van der Waals surface area (Å²) < 4.78 is 5.57. The smallest absolute Gasteiger partial charge is 0.234 e. The minimum Gasteiger partial charge on any atom is -0.508 e. The number of anilines is 1. The molecule has 1 fully saturated rings. The molecule has 2 N–H and O–H groups in total. The molecule has 0 bridgehead atoms. The summed E-state index contributed by atoms with van der Waals surface area (Å²) in [5.74, 6) is 1.12. The van der Waals surface area contributed by atoms with Gasteiger partial charge in [-0.2, -0.15) is 0 Å². The lowest BCUT2D eigenvalue weighted by molar-refractivity contribution is -0.122. The van der Waals surface area contributed by atoms with Crippen LogP contribution in [-0.4, -0.2) is 61.8 Å². The van der Waals surface area contributed by atoms with Crippen molar-refractivity contribution in [2.45, 2.75) is 0 Å². The summed E-state index contributed by atoms with van der Waals surface area (Å²) in [6.45, 7) is 4.80. The van der Waals surface area contributed by atoms with Crippen LogP contribution in [-0.2, 0) is 4.79 Å². The molecule has 1 aliphatic rings. The molecular weight excluding hydrogens is 330 g/mol. The van der Waals surface area contributed by atoms with E-state index in [1.165, 1.54) is 0 Å². The van der Waals surface area contributed by atoms with Crippen LogP contribution in [0.3, 0.4) is 0 Å². The van der Waals surface area contributed by atoms with Crippen LogP contribution in [0.5, 0.6) is 11.5 Å². The lowest BCUT2D eigenvalue weighted by atomic mass is 10.2. The van der Waals surface area contributed by atoms with Gasteiger partial charge in [-0.1, -0.05) is 18.2 Å². The lowest BCUT2D eigenvalue weighted by Gasteiger charge is -2.35. The minimum atomic E-state index is 0.0275. The predicted octanol–water partition coefficient (Wildman–Crippen LogP) is 1.71. The zero-order chi connectivity index (χ0) is 18.2. The van der Waals surface area contributed by atoms with Gasteiger partial charge in [-0.25, -0.2) is 0 Å². The number of para-hydroxylation sites is 1. The molecule has 2 aromatic rings. The Kier molecular flexibility index (Phi) is 6.33. The van der Waals surface area contributed by atoms with E-state index in [0.717, 1.165) is 37.6 Å². The topological polar surface area (TPSA) is 65.0 Å². The molecule has 3 rings (SSSR count). The molecule has 1 heterocycles. The highest BCUT2D eigenvalue weighted by Crippen LogP contribution is 2.19. The number of nitrogens with zero attached hydrogens (tertiary/aromatic N) is 2. The summed E-state index contributed by atoms with van der Waals surface area (Å²) in [6, 6.07) is 16.8. The summed E-state index contributed by atoms with van der Waals surface area (Å²) in [7, 11) is 0. The zero-order valence-electron chi connectivity index (χ0n) is 14.8. The Labute approximate surface area is 154 Å². The van der Waals surface area contributed by atoms with Gasteiger partial charge >= 0.3 is 0 Å². The van der Waals surface area contributed by atoms with Crippen molar-refractivity contribution in [1.82, 2.24) is 10.2 Å². The molecule has 0 radical (unpaired) electrons. The third-order valence-electron chi connectivity index (χ3n) is 4.39. The van der Waals surface area contributed by atoms with Crippen LogP contribution in [0.4, 0.5) is 5.69 Å². The molecule has 26 heavy (non-hydrogen) atoms. The number of hydrogen-bond donors (Lipinski definition) is 2. The fraction of sp³-hybridized carbons (Fsp3) is 0.350. The highest BCUT2D eigenvalue weighted by atomic mass is 16.5. The SMILES string of the molecule is O=C(CN1CCN(c2ccc(O)cc2)CC1)NCCOc1ccccc1. The first-order valence-corrected chi connectivity index (χ1v) is 8.91. The van der Waals surface area contributed by atoms with E-state index in [0.29, 0.717) is 19.7 Å². The van der Waals surface area contributed by atoms with Gasteiger partial charge in [0.15, 0.2) is 0 Å². The number of phenols is 1. The Bertz CT molecular complexity index is 683. The molecule has 0 spiro atoms. The lowest BCUT2D eigenvalue weighted by Crippen LogP contribution is -2.49. The molecule has 6 nitrogen and oxygen atoms in total. The number of aromatic hydroxyl groups is 1. The molecule has 1 amide bonds. The van der Waals surface area contributed by atoms with Crippen LogP contribution in [0, 0.1) is 0 Å². The number of piperazine rings is 1. The number of ether oxygens (including phenoxy) is 1. The number of hydrogen-bond acceptors (Lipinski definition) is 5. The molecule has 1 saturated heterocycles. The van der Waals surface area contributed by atoms with E-state index >= 15 is 0 Å². The number of carbonyl (C=O) groups excluding carboxylic acids is 1. The number of phenolic OH excluding ortho intramolecular Hbond substituents is 1. The van der Waals surface area contributed by atoms with Gasteiger partial charge < -0.3 is 20.1 Å². The molecule has 0 saturated carbocycles. The zero-order valence-corrected chi connectivity index (χ0v) is 14.8. The third-order valence-corrected chi connectivity index (χ3v) is 4.39. The maximum absolute atomic E-state index is 12.1. The number of nitrogens with one attached hydrogen (secondary N) is 1. The van der Waals surface area contributed by atoms with Gasteiger partial charge in [0.1, 0.15) is 18.1 Å². The number of amides is 1. The van der Waals surface area contributed by atoms with Crippen LogP contribution >= 0.6 is 0 Å². The Morgan fingerprint density at radius 1 is 1.00 bits per heavy atom. The molecular formula is C20H25N3O3. The summed E-state index contributed by atoms with van der Waals surface area (Å²) >= 11 is 0. The van der Waals surface area contributed by atoms with Crippen molar-refractivity contribution in [3.05, 3.63) is 54.6 Å². The average molecular weight is 355 g/mol. The van der Waals surface area contributed by atoms with Crippen LogP contribution in [0.25, 0.3) is 0 Å². The Morgan fingerprint density at radius 3 is 2.38 bits per heavy atom. The second-order valence-electron chi connectivity index (χ2n) is 6.29. The molecule has 0 aromatic heterocycles. The highest BCUT2D eigenvalue weighted by Gasteiger charge is 2.19. The van der Waals surface area contributed by atoms with Gasteiger partial charge in [0.25, 0.3) is 0 Å². The number of benzene rings is 2. The van der Waals surface area contributed by atoms with E-state index in [1.807, 2.05) is 42.5 Å². The first kappa shape index (κ1) is 18.1. The van der Waals surface area contributed by atoms with Crippen molar-refractivity contribution in [1.29, 1.82) is 0 Å². The quantitative estimate of drug-likeness (QED) is 0.741. The predicted molar refractivity (Wildman–Crippen MR) is 102 cm³/mol. The van der Waals surface area contributed by atoms with Crippen molar-refractivity contribution in [2.24, 2.45) is 0 Å². The monoisotopic (exact) mass is 355 g/mol. The summed E-state index contributed by atoms with van der Waals surface area (Å²) in [6.07, 6.45) is 0. The van der Waals surface area contributed by atoms with Crippen molar-refractivity contribution in [2.75, 3.05) is 50.8 Å². The van der Waals surface area contributed by atoms with E-state index in [1.54, 1.807) is 12.1 Å². The van der Waals surface area contributed by atoms with Crippen LogP contribution in [0.15, 0.2) is 54.6 Å². The van der Waals surface area contributed by atoms with Gasteiger partial charge in [0.2, 0.25) is 5.91 Å². The molecule has 6 heteroatoms. The molecule has 1 aliphatic heterocycles. The minimum absolute atomic E-state index is 0.0275. The Hall–Kier alpha value is -2.73. The Balaban J connectivity index is 1.32. The van der Waals surface area contributed by atoms with Crippen LogP contribution in [0.2, 0.25) is 0 Å². The van der Waals surface area contributed by atoms with E-state index in [9.17, 15) is 9.90 Å². The number of rotatable bonds is 7. The van der Waals surface area contributed by atoms with Gasteiger partial charge in [-0.3, -0.25) is 9.69 Å². The molecule has 0 unspecified atom stereocenters. The highest BCUT2D eigenvalue weighted by molar-refractivity contribution is 5.78. The molecule has 2 aromatic carbocycles. The van der Waals surface area contributed by atoms with Gasteiger partial charge in [0, 0.05) is 31.9 Å². The first-order chi connectivity index (χ1) is 12.7. The van der Waals surface area contributed by atoms with Crippen molar-refractivity contribution >= 4 is 11.6 Å². The fourth-order valence-electron chi connectivity index (χ4n) is 2.96. The van der Waals surface area contributed by atoms with Gasteiger partial charge in [0.05, 0.1) is 13.1 Å². The fourth-order valence-corrected chi connectivity index (χ4v) is 2.96. The van der Waals surface area contributed by atoms with E-state index < -0.39 is 0 Å². The summed E-state index contributed by atoms with van der Waals surface area (Å²) in [5, 5.41) is 12.3. The van der Waals surface area contributed by atoms with E-state index in [2.05, 4.69) is 15.1 Å². The van der Waals surface area contributed by atoms with Crippen molar-refractivity contribution in [3.8, 4) is 11.5 Å². The second-order valence-corrected chi connectivity index (χ2v) is 6.29. The van der Waals surface area contributed by atoms with Gasteiger partial charge in [-0.15, -0.1) is 0 Å². The maximum atomic E-state index is 12.1. The van der Waals surface area contributed by atoms with Crippen molar-refractivity contribution in [3.63, 3.8) is 0 Å². The third kappa shape index (κ3) is 5.39. The number of carbonyl (C=O) groups is 1. The molecule has 138 valence electrons. The van der Waals surface area contributed by atoms with E-state index in [4.69, 9.17) is 4.74 Å². The summed E-state index contributed by atoms with van der Waals surface area (Å²) in [5.41, 5.74) is 1.10. The standard InChI is InChI=1S/C20H25N3O3/c24-18-8-6-17(7-9-18)23-13-11-22(12-14-23)16-20(25)21-10-15-26-19-4-2-1-3-5-19/h1-9,24H,10-16H2,(H,21,25). The second kappa shape index (κ2) is 9.10. The first-order valence-electron chi connectivity index (χ1n) is 8.91. The molecule has 0 atom stereocenters. The van der Waals surface area contributed by atoms with Gasteiger partial charge in [-0.05, 0) is 36.4 Å². The van der Waals surface area contributed by atoms with Crippen LogP contribution in [0.1, 0.15) is 0 Å². The maximum Gasteiger partial charge on any atom is 0.234 e. The summed E-state index contributed by atoms with van der Waals surface area (Å²) in [4.78, 5) is 16.5. The van der Waals surface area contributed by atoms with Crippen molar-refractivity contribution < 1.29 is 14.6 Å². The normalized spacial score (nSPS) is 14.8. The average Bonchev–Trinajstić information content (AvgIpc) is 2.67. The largest absolute Gasteiger partial charge is 0.508 e. The Morgan fingerprint density at radius 2 is 1.69 bits per heavy atom. The van der Waals surface area contributed by atoms with E-state index in [-0.39, 0.29) is 11.7 Å².